The monoisotopic (exact) mass is 576 g/mol. The molecule has 0 bridgehead atoms. The first-order valence-electron chi connectivity index (χ1n) is 12.2. The van der Waals surface area contributed by atoms with E-state index in [1.54, 1.807) is 24.3 Å². The van der Waals surface area contributed by atoms with Crippen molar-refractivity contribution in [2.24, 2.45) is 0 Å². The molecular formula is C31H20F8O2. The molecule has 0 aliphatic carbocycles. The molecule has 0 heterocycles. The Morgan fingerprint density at radius 3 is 1.83 bits per heavy atom. The van der Waals surface area contributed by atoms with Gasteiger partial charge in [-0.25, -0.2) is 26.3 Å². The molecule has 0 atom stereocenters. The Hall–Kier alpha value is -4.52. The van der Waals surface area contributed by atoms with Crippen LogP contribution in [-0.4, -0.2) is 6.61 Å². The molecule has 0 radical (unpaired) electrons. The second-order valence-electron chi connectivity index (χ2n) is 8.81. The first kappa shape index (κ1) is 29.5. The van der Waals surface area contributed by atoms with E-state index in [1.165, 1.54) is 12.1 Å². The van der Waals surface area contributed by atoms with Gasteiger partial charge in [0.1, 0.15) is 34.5 Å². The number of ether oxygens (including phenoxy) is 2. The number of alkyl halides is 2. The zero-order valence-corrected chi connectivity index (χ0v) is 21.3. The van der Waals surface area contributed by atoms with Gasteiger partial charge in [-0.15, -0.1) is 0 Å². The Bertz CT molecular complexity index is 1580. The third kappa shape index (κ3) is 6.98. The molecule has 10 heteroatoms. The second kappa shape index (κ2) is 12.3. The van der Waals surface area contributed by atoms with Gasteiger partial charge in [0.05, 0.1) is 6.61 Å². The lowest BCUT2D eigenvalue weighted by Gasteiger charge is -2.20. The van der Waals surface area contributed by atoms with Gasteiger partial charge in [-0.2, -0.15) is 8.78 Å². The second-order valence-corrected chi connectivity index (χ2v) is 8.81. The van der Waals surface area contributed by atoms with Crippen LogP contribution < -0.4 is 9.47 Å². The van der Waals surface area contributed by atoms with Crippen LogP contribution in [0.2, 0.25) is 0 Å². The Morgan fingerprint density at radius 2 is 1.24 bits per heavy atom. The molecule has 0 amide bonds. The summed E-state index contributed by atoms with van der Waals surface area (Å²) in [7, 11) is 0. The highest BCUT2D eigenvalue weighted by molar-refractivity contribution is 5.66. The number of halogens is 8. The lowest BCUT2D eigenvalue weighted by Crippen LogP contribution is -2.25. The highest BCUT2D eigenvalue weighted by atomic mass is 19.3. The molecule has 0 N–H and O–H groups in total. The van der Waals surface area contributed by atoms with Crippen LogP contribution in [0.25, 0.3) is 11.1 Å². The van der Waals surface area contributed by atoms with E-state index in [0.29, 0.717) is 30.1 Å². The fourth-order valence-electron chi connectivity index (χ4n) is 3.74. The zero-order chi connectivity index (χ0) is 29.7. The van der Waals surface area contributed by atoms with Crippen molar-refractivity contribution in [1.29, 1.82) is 0 Å². The van der Waals surface area contributed by atoms with Gasteiger partial charge in [0.2, 0.25) is 0 Å². The molecule has 0 fully saturated rings. The van der Waals surface area contributed by atoms with Crippen molar-refractivity contribution < 1.29 is 44.6 Å². The van der Waals surface area contributed by atoms with E-state index >= 15 is 0 Å². The molecule has 0 aromatic heterocycles. The van der Waals surface area contributed by atoms with Gasteiger partial charge in [-0.05, 0) is 60.5 Å². The molecule has 41 heavy (non-hydrogen) atoms. The smallest absolute Gasteiger partial charge is 0.432 e. The molecular weight excluding hydrogens is 556 g/mol. The average molecular weight is 576 g/mol. The minimum Gasteiger partial charge on any atom is -0.494 e. The number of hydrogen-bond donors (Lipinski definition) is 0. The van der Waals surface area contributed by atoms with E-state index in [1.807, 2.05) is 0 Å². The van der Waals surface area contributed by atoms with E-state index in [9.17, 15) is 35.1 Å². The molecule has 212 valence electrons. The molecule has 4 aromatic carbocycles. The van der Waals surface area contributed by atoms with Crippen molar-refractivity contribution >= 4 is 0 Å². The van der Waals surface area contributed by atoms with Gasteiger partial charge in [0.25, 0.3) is 0 Å². The van der Waals surface area contributed by atoms with Crippen molar-refractivity contribution in [3.05, 3.63) is 118 Å². The lowest BCUT2D eigenvalue weighted by molar-refractivity contribution is -0.189. The molecule has 2 nitrogen and oxygen atoms in total. The average Bonchev–Trinajstić information content (AvgIpc) is 2.90. The van der Waals surface area contributed by atoms with Crippen molar-refractivity contribution in [1.82, 2.24) is 0 Å². The standard InChI is InChI=1S/C31H20F8O2/c1-2-3-12-40-21-9-6-18(7-10-21)4-5-19-8-11-23(24(32)13-19)20-14-25(33)29(26(34)15-20)31(38,39)41-22-16-27(35)30(37)28(36)17-22/h6-11,13-17H,2-3,12H2,1H3. The van der Waals surface area contributed by atoms with Gasteiger partial charge in [0.15, 0.2) is 17.5 Å². The number of benzene rings is 4. The summed E-state index contributed by atoms with van der Waals surface area (Å²) in [6.07, 6.45) is -2.83. The van der Waals surface area contributed by atoms with E-state index < -0.39 is 57.9 Å². The summed E-state index contributed by atoms with van der Waals surface area (Å²) in [6, 6.07) is 11.6. The van der Waals surface area contributed by atoms with Crippen LogP contribution in [0.15, 0.2) is 66.7 Å². The summed E-state index contributed by atoms with van der Waals surface area (Å²) >= 11 is 0. The molecule has 4 rings (SSSR count). The fraction of sp³-hybridized carbons (Fsp3) is 0.161. The Labute approximate surface area is 230 Å². The normalized spacial score (nSPS) is 11.1. The Balaban J connectivity index is 1.54. The predicted octanol–water partition coefficient (Wildman–Crippen LogP) is 8.90. The molecule has 0 spiro atoms. The first-order chi connectivity index (χ1) is 19.5. The summed E-state index contributed by atoms with van der Waals surface area (Å²) < 4.78 is 123. The summed E-state index contributed by atoms with van der Waals surface area (Å²) in [4.78, 5) is 0. The number of unbranched alkanes of at least 4 members (excludes halogenated alkanes) is 1. The van der Waals surface area contributed by atoms with Gasteiger partial charge >= 0.3 is 6.11 Å². The third-order valence-corrected chi connectivity index (χ3v) is 5.79. The number of rotatable bonds is 8. The lowest BCUT2D eigenvalue weighted by atomic mass is 10.0. The van der Waals surface area contributed by atoms with Crippen molar-refractivity contribution in [3.8, 4) is 34.5 Å². The third-order valence-electron chi connectivity index (χ3n) is 5.79. The largest absolute Gasteiger partial charge is 0.494 e. The maximum Gasteiger partial charge on any atom is 0.432 e. The quantitative estimate of drug-likeness (QED) is 0.0903. The minimum absolute atomic E-state index is 0.0917. The summed E-state index contributed by atoms with van der Waals surface area (Å²) in [5.74, 6) is -5.11. The Morgan fingerprint density at radius 1 is 0.659 bits per heavy atom. The van der Waals surface area contributed by atoms with Crippen LogP contribution in [0.5, 0.6) is 11.5 Å². The highest BCUT2D eigenvalue weighted by Crippen LogP contribution is 2.38. The summed E-state index contributed by atoms with van der Waals surface area (Å²) in [5.41, 5.74) is -1.73. The molecule has 4 aromatic rings. The fourth-order valence-corrected chi connectivity index (χ4v) is 3.74. The van der Waals surface area contributed by atoms with Crippen LogP contribution >= 0.6 is 0 Å². The van der Waals surface area contributed by atoms with E-state index in [-0.39, 0.29) is 23.3 Å². The summed E-state index contributed by atoms with van der Waals surface area (Å²) in [5, 5.41) is 0. The van der Waals surface area contributed by atoms with Gasteiger partial charge in [-0.1, -0.05) is 31.3 Å². The number of hydrogen-bond acceptors (Lipinski definition) is 2. The molecule has 0 aliphatic heterocycles. The molecule has 0 unspecified atom stereocenters. The molecule has 0 saturated heterocycles. The minimum atomic E-state index is -4.76. The maximum atomic E-state index is 14.9. The van der Waals surface area contributed by atoms with Crippen LogP contribution in [0, 0.1) is 46.7 Å². The van der Waals surface area contributed by atoms with E-state index in [2.05, 4.69) is 23.5 Å². The van der Waals surface area contributed by atoms with E-state index in [0.717, 1.165) is 18.9 Å². The highest BCUT2D eigenvalue weighted by Gasteiger charge is 2.41. The van der Waals surface area contributed by atoms with Gasteiger partial charge in [-0.3, -0.25) is 0 Å². The van der Waals surface area contributed by atoms with Gasteiger partial charge < -0.3 is 9.47 Å². The van der Waals surface area contributed by atoms with E-state index in [4.69, 9.17) is 4.74 Å². The zero-order valence-electron chi connectivity index (χ0n) is 21.3. The topological polar surface area (TPSA) is 18.5 Å². The summed E-state index contributed by atoms with van der Waals surface area (Å²) in [6.45, 7) is 2.65. The Kier molecular flexibility index (Phi) is 8.86. The van der Waals surface area contributed by atoms with Crippen molar-refractivity contribution in [2.45, 2.75) is 25.9 Å². The van der Waals surface area contributed by atoms with Crippen LogP contribution in [0.1, 0.15) is 36.5 Å². The molecule has 0 saturated carbocycles. The predicted molar refractivity (Wildman–Crippen MR) is 135 cm³/mol. The maximum absolute atomic E-state index is 14.9. The molecule has 0 aliphatic rings. The SMILES string of the molecule is CCCCOc1ccc(C#Cc2ccc(-c3cc(F)c(C(F)(F)Oc4cc(F)c(F)c(F)c4)c(F)c3)c(F)c2)cc1. The first-order valence-corrected chi connectivity index (χ1v) is 12.2. The van der Waals surface area contributed by atoms with Crippen LogP contribution in [-0.2, 0) is 6.11 Å². The van der Waals surface area contributed by atoms with Crippen LogP contribution in [0.4, 0.5) is 35.1 Å². The van der Waals surface area contributed by atoms with Crippen molar-refractivity contribution in [2.75, 3.05) is 6.61 Å². The van der Waals surface area contributed by atoms with Crippen LogP contribution in [0.3, 0.4) is 0 Å². The van der Waals surface area contributed by atoms with Crippen molar-refractivity contribution in [3.63, 3.8) is 0 Å². The van der Waals surface area contributed by atoms with Gasteiger partial charge in [0, 0.05) is 28.8 Å².